The number of nitrogens with zero attached hydrogens (tertiary/aromatic N) is 9. The van der Waals surface area contributed by atoms with Gasteiger partial charge in [-0.3, -0.25) is 57.5 Å². The van der Waals surface area contributed by atoms with Gasteiger partial charge in [0.25, 0.3) is 0 Å². The van der Waals surface area contributed by atoms with Crippen molar-refractivity contribution in [3.05, 3.63) is 0 Å². The lowest BCUT2D eigenvalue weighted by Gasteiger charge is -2.43. The van der Waals surface area contributed by atoms with E-state index in [1.165, 1.54) is 61.9 Å². The van der Waals surface area contributed by atoms with E-state index in [1.807, 2.05) is 0 Å². The Balaban J connectivity index is 1.28. The van der Waals surface area contributed by atoms with Crippen molar-refractivity contribution in [2.24, 2.45) is 29.6 Å². The molecule has 0 aromatic rings. The summed E-state index contributed by atoms with van der Waals surface area (Å²) in [5.74, 6) is -13.3. The molecule has 7 rings (SSSR count). The lowest BCUT2D eigenvalue weighted by Crippen LogP contribution is -2.65. The van der Waals surface area contributed by atoms with Crippen LogP contribution in [0.4, 0.5) is 26.3 Å². The summed E-state index contributed by atoms with van der Waals surface area (Å²) in [5, 5.41) is 7.02. The lowest BCUT2D eigenvalue weighted by molar-refractivity contribution is -0.182. The Hall–Kier alpha value is -6.49. The maximum absolute atomic E-state index is 15.7. The van der Waals surface area contributed by atoms with E-state index in [0.29, 0.717) is 62.7 Å². The highest BCUT2D eigenvalue weighted by Gasteiger charge is 2.53. The number of hydrogen-bond acceptors (Lipinski definition) is 12. The van der Waals surface area contributed by atoms with Gasteiger partial charge in [-0.05, 0) is 120 Å². The van der Waals surface area contributed by atoms with Crippen molar-refractivity contribution in [2.45, 2.75) is 259 Å². The van der Waals surface area contributed by atoms with Crippen LogP contribution in [0.1, 0.15) is 194 Å². The summed E-state index contributed by atoms with van der Waals surface area (Å²) in [4.78, 5) is 188. The zero-order valence-electron chi connectivity index (χ0n) is 61.1. The second-order valence-electron chi connectivity index (χ2n) is 30.4. The van der Waals surface area contributed by atoms with Crippen LogP contribution in [0.3, 0.4) is 0 Å². The van der Waals surface area contributed by atoms with Crippen molar-refractivity contribution in [1.82, 2.24) is 60.0 Å². The predicted octanol–water partition coefficient (Wildman–Crippen LogP) is 6.39. The fraction of sp³-hybridized carbons (Fsp3) is 0.831. The van der Waals surface area contributed by atoms with Gasteiger partial charge in [0.05, 0.1) is 38.4 Å². The molecule has 3 unspecified atom stereocenters. The van der Waals surface area contributed by atoms with Gasteiger partial charge in [0.1, 0.15) is 47.8 Å². The molecular formula is C71H111ClF6N12O12. The minimum atomic E-state index is -5.09. The molecule has 0 radical (unpaired) electrons. The molecule has 0 aromatic carbocycles. The smallest absolute Gasteiger partial charge is 0.343 e. The van der Waals surface area contributed by atoms with Gasteiger partial charge in [-0.1, -0.05) is 84.5 Å². The molecule has 102 heavy (non-hydrogen) atoms. The highest BCUT2D eigenvalue weighted by atomic mass is 35.5. The van der Waals surface area contributed by atoms with Gasteiger partial charge >= 0.3 is 12.4 Å². The molecule has 1 spiro atoms. The molecule has 3 heterocycles. The van der Waals surface area contributed by atoms with Crippen molar-refractivity contribution in [3.63, 3.8) is 0 Å². The molecule has 0 bridgehead atoms. The summed E-state index contributed by atoms with van der Waals surface area (Å²) >= 11 is 6.39. The Labute approximate surface area is 601 Å². The maximum atomic E-state index is 15.7. The molecule has 31 heteroatoms. The van der Waals surface area contributed by atoms with E-state index >= 15 is 19.2 Å². The van der Waals surface area contributed by atoms with Gasteiger partial charge in [-0.25, -0.2) is 0 Å². The monoisotopic (exact) mass is 1470 g/mol. The van der Waals surface area contributed by atoms with E-state index in [2.05, 4.69) is 16.0 Å². The van der Waals surface area contributed by atoms with Gasteiger partial charge < -0.3 is 60.0 Å². The van der Waals surface area contributed by atoms with Crippen molar-refractivity contribution < 1.29 is 83.9 Å². The predicted molar refractivity (Wildman–Crippen MR) is 366 cm³/mol. The highest BCUT2D eigenvalue weighted by molar-refractivity contribution is 6.21. The van der Waals surface area contributed by atoms with Crippen LogP contribution in [0.5, 0.6) is 0 Å². The van der Waals surface area contributed by atoms with Crippen LogP contribution in [-0.2, 0) is 57.5 Å². The number of likely N-dealkylation sites (tertiary alicyclic amines) is 1. The minimum Gasteiger partial charge on any atom is -0.343 e. The number of likely N-dealkylation sites (N-methyl/N-ethyl adjacent to an activating group) is 7. The second-order valence-corrected chi connectivity index (χ2v) is 31.0. The minimum absolute atomic E-state index is 0.0235. The van der Waals surface area contributed by atoms with Crippen molar-refractivity contribution in [2.75, 3.05) is 88.6 Å². The summed E-state index contributed by atoms with van der Waals surface area (Å²) < 4.78 is 86.5. The molecule has 576 valence electrons. The van der Waals surface area contributed by atoms with Gasteiger partial charge in [0.2, 0.25) is 70.9 Å². The van der Waals surface area contributed by atoms with Crippen molar-refractivity contribution in [3.8, 4) is 0 Å². The largest absolute Gasteiger partial charge is 0.393 e. The van der Waals surface area contributed by atoms with E-state index < -0.39 is 193 Å². The molecule has 3 saturated heterocycles. The Bertz CT molecular complexity index is 2980. The third kappa shape index (κ3) is 21.2. The van der Waals surface area contributed by atoms with Crippen LogP contribution in [0.25, 0.3) is 0 Å². The number of carbonyl (C=O) groups is 12. The van der Waals surface area contributed by atoms with Crippen molar-refractivity contribution in [1.29, 1.82) is 0 Å². The third-order valence-corrected chi connectivity index (χ3v) is 23.7. The summed E-state index contributed by atoms with van der Waals surface area (Å²) in [6, 6.07) is -10.7. The molecular weight excluding hydrogens is 1360 g/mol. The summed E-state index contributed by atoms with van der Waals surface area (Å²) in [5.41, 5.74) is -1.64. The topological polar surface area (TPSA) is 270 Å². The van der Waals surface area contributed by atoms with Crippen molar-refractivity contribution >= 4 is 82.5 Å². The zero-order valence-corrected chi connectivity index (χ0v) is 61.9. The van der Waals surface area contributed by atoms with Gasteiger partial charge in [-0.2, -0.15) is 26.3 Å². The fourth-order valence-corrected chi connectivity index (χ4v) is 17.1. The number of rotatable bonds is 10. The molecule has 24 nitrogen and oxygen atoms in total. The average Bonchev–Trinajstić information content (AvgIpc) is 1.34. The Morgan fingerprint density at radius 1 is 0.569 bits per heavy atom. The lowest BCUT2D eigenvalue weighted by atomic mass is 9.78. The number of nitrogens with one attached hydrogen (secondary N) is 3. The Kier molecular flexibility index (Phi) is 29.6. The molecule has 4 aliphatic carbocycles. The van der Waals surface area contributed by atoms with Crippen LogP contribution in [0.2, 0.25) is 0 Å². The fourth-order valence-electron chi connectivity index (χ4n) is 16.6. The molecule has 3 N–H and O–H groups in total. The zero-order chi connectivity index (χ0) is 75.3. The number of amides is 12. The van der Waals surface area contributed by atoms with Gasteiger partial charge in [-0.15, -0.1) is 11.6 Å². The first-order valence-corrected chi connectivity index (χ1v) is 37.5. The van der Waals surface area contributed by atoms with E-state index in [1.54, 1.807) is 13.8 Å². The SMILES string of the molecule is CC[C@H](C)[C@@H]1NC(=O)[C@H](CC(F)(F)F)N(C)C(=O)C[C@@H](C(=O)N2CCCCC2)N(C)C(=O)[C@H](C2CCCCC2)N(C)C(=O)C2(CCCC2)NC(=O)[C@@H]2CCCN2C(=O)[C@H](CCC2CCC(C(F)(F)F)C(Cl)C2)NC(=O)CN(C)C(=O)[C@H](CC2CCCCC2)N(C)C(=O)CN(C)C(=O)CN(C)C1=O. The molecule has 3 aliphatic heterocycles. The summed E-state index contributed by atoms with van der Waals surface area (Å²) in [6.45, 7) is 1.74. The number of alkyl halides is 7. The molecule has 12 amide bonds. The van der Waals surface area contributed by atoms with Crippen LogP contribution >= 0.6 is 11.6 Å². The Morgan fingerprint density at radius 2 is 1.16 bits per heavy atom. The first-order valence-electron chi connectivity index (χ1n) is 37.1. The number of piperidine rings is 1. The third-order valence-electron chi connectivity index (χ3n) is 23.2. The van der Waals surface area contributed by atoms with Crippen LogP contribution in [0, 0.1) is 29.6 Å². The molecule has 4 saturated carbocycles. The van der Waals surface area contributed by atoms with Crippen LogP contribution < -0.4 is 16.0 Å². The van der Waals surface area contributed by atoms with Crippen LogP contribution in [0.15, 0.2) is 0 Å². The van der Waals surface area contributed by atoms with E-state index in [4.69, 9.17) is 11.6 Å². The van der Waals surface area contributed by atoms with Gasteiger partial charge in [0.15, 0.2) is 0 Å². The summed E-state index contributed by atoms with van der Waals surface area (Å²) in [7, 11) is 8.93. The number of carbonyl (C=O) groups excluding carboxylic acids is 12. The molecule has 11 atom stereocenters. The average molecular weight is 1470 g/mol. The first-order chi connectivity index (χ1) is 48.0. The quantitative estimate of drug-likeness (QED) is 0.159. The number of fused-ring (bicyclic) bond motifs is 1. The van der Waals surface area contributed by atoms with E-state index in [-0.39, 0.29) is 89.8 Å². The van der Waals surface area contributed by atoms with E-state index in [9.17, 15) is 64.7 Å². The molecule has 0 aromatic heterocycles. The molecule has 7 aliphatic rings. The van der Waals surface area contributed by atoms with Crippen LogP contribution in [-0.4, -0.2) is 269 Å². The Morgan fingerprint density at radius 3 is 1.75 bits per heavy atom. The van der Waals surface area contributed by atoms with Gasteiger partial charge in [0, 0.05) is 74.3 Å². The maximum Gasteiger partial charge on any atom is 0.393 e. The first kappa shape index (κ1) is 82.8. The van der Waals surface area contributed by atoms with E-state index in [0.717, 1.165) is 71.6 Å². The standard InChI is InChI=1S/C71H111ClF6N12O12/c1-10-44(2)59-66(100)84(5)42-57(93)82(3)43-58(94)85(6)52(38-45-23-14-11-15-24-45)64(98)83(4)41-55(91)79-50(31-29-46-28-30-48(49(72)37-46)71(76,77)78)63(97)90-36-22-27-51(90)62(96)81-69(32-18-19-33-69)68(102)88(9)60(47-25-16-12-17-26-47)67(101)87(8)53(65(99)89-34-20-13-21-35-89)39-56(92)86(7)54(61(95)80-59)40-70(73,74)75/h44-54,59-60H,10-43H2,1-9H3,(H,79,91)(H,80,95)(H,81,96)/t44-,46?,48?,49?,50-,51-,52-,53-,54-,59-,60-/m0/s1. The number of hydrogen-bond donors (Lipinski definition) is 3. The normalized spacial score (nSPS) is 29.9. The molecule has 7 fully saturated rings. The highest BCUT2D eigenvalue weighted by Crippen LogP contribution is 2.44. The second kappa shape index (κ2) is 36.5. The number of halogens is 7. The summed E-state index contributed by atoms with van der Waals surface area (Å²) in [6.07, 6.45) is -1.51.